The summed E-state index contributed by atoms with van der Waals surface area (Å²) in [6.07, 6.45) is 0.576. The Morgan fingerprint density at radius 3 is 2.19 bits per heavy atom. The van der Waals surface area contributed by atoms with Crippen LogP contribution in [0.15, 0.2) is 0 Å². The van der Waals surface area contributed by atoms with E-state index in [0.717, 1.165) is 0 Å². The van der Waals surface area contributed by atoms with Crippen LogP contribution in [0.4, 0.5) is 0 Å². The van der Waals surface area contributed by atoms with Gasteiger partial charge < -0.3 is 15.2 Å². The first kappa shape index (κ1) is 14.8. The summed E-state index contributed by atoms with van der Waals surface area (Å²) in [6, 6.07) is -0.634. The van der Waals surface area contributed by atoms with Gasteiger partial charge in [-0.05, 0) is 20.3 Å². The van der Waals surface area contributed by atoms with E-state index in [1.807, 2.05) is 0 Å². The van der Waals surface area contributed by atoms with E-state index in [-0.39, 0.29) is 30.5 Å². The maximum absolute atomic E-state index is 11.4. The zero-order valence-electron chi connectivity index (χ0n) is 9.95. The van der Waals surface area contributed by atoms with Gasteiger partial charge in [-0.15, -0.1) is 0 Å². The van der Waals surface area contributed by atoms with Gasteiger partial charge in [-0.3, -0.25) is 9.59 Å². The molecular formula is C11H19NO4. The second-order valence-electron chi connectivity index (χ2n) is 4.00. The van der Waals surface area contributed by atoms with E-state index in [9.17, 15) is 14.4 Å². The standard InChI is InChI=1S/C11H19NO4/c1-7(6-13)11(16)12-10(9(3)15)5-4-8(2)14/h7,10,13H,4-6H2,1-3H3,(H,12,16)/t7-,10+/m0/s1. The van der Waals surface area contributed by atoms with E-state index in [4.69, 9.17) is 5.11 Å². The smallest absolute Gasteiger partial charge is 0.225 e. The highest BCUT2D eigenvalue weighted by Crippen LogP contribution is 2.02. The Balaban J connectivity index is 4.28. The van der Waals surface area contributed by atoms with Crippen molar-refractivity contribution >= 4 is 17.5 Å². The van der Waals surface area contributed by atoms with Crippen LogP contribution in [0.25, 0.3) is 0 Å². The summed E-state index contributed by atoms with van der Waals surface area (Å²) in [4.78, 5) is 33.4. The Labute approximate surface area is 95.2 Å². The van der Waals surface area contributed by atoms with Crippen molar-refractivity contribution in [3.8, 4) is 0 Å². The van der Waals surface area contributed by atoms with E-state index in [1.54, 1.807) is 6.92 Å². The molecule has 5 heteroatoms. The molecule has 2 atom stereocenters. The molecule has 0 fully saturated rings. The first-order valence-corrected chi connectivity index (χ1v) is 5.29. The van der Waals surface area contributed by atoms with E-state index in [1.165, 1.54) is 13.8 Å². The molecule has 0 aromatic heterocycles. The number of carbonyl (C=O) groups is 3. The molecular weight excluding hydrogens is 210 g/mol. The van der Waals surface area contributed by atoms with Gasteiger partial charge in [0.25, 0.3) is 0 Å². The number of aliphatic hydroxyl groups excluding tert-OH is 1. The molecule has 0 bridgehead atoms. The molecule has 0 aliphatic carbocycles. The molecule has 0 aliphatic rings. The average molecular weight is 229 g/mol. The normalized spacial score (nSPS) is 14.0. The lowest BCUT2D eigenvalue weighted by Gasteiger charge is -2.17. The van der Waals surface area contributed by atoms with Crippen molar-refractivity contribution in [1.29, 1.82) is 0 Å². The minimum Gasteiger partial charge on any atom is -0.396 e. The number of amides is 1. The second kappa shape index (κ2) is 7.11. The van der Waals surface area contributed by atoms with Gasteiger partial charge in [0.05, 0.1) is 18.6 Å². The number of aliphatic hydroxyl groups is 1. The molecule has 0 saturated carbocycles. The zero-order chi connectivity index (χ0) is 12.7. The number of carbonyl (C=O) groups excluding carboxylic acids is 3. The molecule has 16 heavy (non-hydrogen) atoms. The van der Waals surface area contributed by atoms with Crippen LogP contribution >= 0.6 is 0 Å². The fourth-order valence-electron chi connectivity index (χ4n) is 1.12. The minimum absolute atomic E-state index is 0.0179. The Morgan fingerprint density at radius 2 is 1.81 bits per heavy atom. The number of ketones is 2. The highest BCUT2D eigenvalue weighted by atomic mass is 16.3. The van der Waals surface area contributed by atoms with Gasteiger partial charge in [-0.2, -0.15) is 0 Å². The fraction of sp³-hybridized carbons (Fsp3) is 0.727. The number of Topliss-reactive ketones (excluding diaryl/α,β-unsaturated/α-hetero) is 2. The largest absolute Gasteiger partial charge is 0.396 e. The van der Waals surface area contributed by atoms with Crippen LogP contribution in [-0.2, 0) is 14.4 Å². The van der Waals surface area contributed by atoms with Gasteiger partial charge in [0.1, 0.15) is 5.78 Å². The SMILES string of the molecule is CC(=O)CC[C@@H](NC(=O)[C@@H](C)CO)C(C)=O. The topological polar surface area (TPSA) is 83.5 Å². The molecule has 0 rings (SSSR count). The van der Waals surface area contributed by atoms with Crippen molar-refractivity contribution in [2.45, 2.75) is 39.7 Å². The van der Waals surface area contributed by atoms with Gasteiger partial charge in [-0.1, -0.05) is 6.92 Å². The van der Waals surface area contributed by atoms with Crippen LogP contribution < -0.4 is 5.32 Å². The van der Waals surface area contributed by atoms with Crippen LogP contribution in [0.2, 0.25) is 0 Å². The number of nitrogens with one attached hydrogen (secondary N) is 1. The average Bonchev–Trinajstić information content (AvgIpc) is 2.21. The van der Waals surface area contributed by atoms with Crippen molar-refractivity contribution in [3.05, 3.63) is 0 Å². The molecule has 5 nitrogen and oxygen atoms in total. The molecule has 2 N–H and O–H groups in total. The summed E-state index contributed by atoms with van der Waals surface area (Å²) < 4.78 is 0. The quantitative estimate of drug-likeness (QED) is 0.646. The molecule has 0 aromatic rings. The van der Waals surface area contributed by atoms with Crippen molar-refractivity contribution < 1.29 is 19.5 Å². The Bertz CT molecular complexity index is 275. The maximum Gasteiger partial charge on any atom is 0.225 e. The van der Waals surface area contributed by atoms with E-state index in [2.05, 4.69) is 5.32 Å². The molecule has 0 aliphatic heterocycles. The van der Waals surface area contributed by atoms with Gasteiger partial charge in [0, 0.05) is 6.42 Å². The number of hydrogen-bond donors (Lipinski definition) is 2. The van der Waals surface area contributed by atoms with Crippen molar-refractivity contribution in [2.75, 3.05) is 6.61 Å². The van der Waals surface area contributed by atoms with Crippen LogP contribution in [0.3, 0.4) is 0 Å². The molecule has 1 amide bonds. The Hall–Kier alpha value is -1.23. The van der Waals surface area contributed by atoms with Crippen molar-refractivity contribution in [3.63, 3.8) is 0 Å². The highest BCUT2D eigenvalue weighted by molar-refractivity contribution is 5.88. The third-order valence-electron chi connectivity index (χ3n) is 2.31. The van der Waals surface area contributed by atoms with Crippen LogP contribution in [-0.4, -0.2) is 35.2 Å². The molecule has 92 valence electrons. The second-order valence-corrected chi connectivity index (χ2v) is 4.00. The summed E-state index contributed by atoms with van der Waals surface area (Å²) in [6.45, 7) is 4.12. The van der Waals surface area contributed by atoms with E-state index in [0.29, 0.717) is 6.42 Å². The fourth-order valence-corrected chi connectivity index (χ4v) is 1.12. The predicted molar refractivity (Wildman–Crippen MR) is 58.8 cm³/mol. The number of rotatable bonds is 7. The first-order valence-electron chi connectivity index (χ1n) is 5.29. The Kier molecular flexibility index (Phi) is 6.56. The zero-order valence-corrected chi connectivity index (χ0v) is 9.95. The summed E-state index contributed by atoms with van der Waals surface area (Å²) in [5, 5.41) is 11.3. The van der Waals surface area contributed by atoms with Crippen molar-refractivity contribution in [2.24, 2.45) is 5.92 Å². The predicted octanol–water partition coefficient (Wildman–Crippen LogP) is 0.0578. The maximum atomic E-state index is 11.4. The minimum atomic E-state index is -0.634. The first-order chi connectivity index (χ1) is 7.38. The lowest BCUT2D eigenvalue weighted by atomic mass is 10.0. The summed E-state index contributed by atoms with van der Waals surface area (Å²) in [5.74, 6) is -1.11. The number of hydrogen-bond acceptors (Lipinski definition) is 4. The lowest BCUT2D eigenvalue weighted by molar-refractivity contribution is -0.130. The molecule has 0 spiro atoms. The highest BCUT2D eigenvalue weighted by Gasteiger charge is 2.20. The monoisotopic (exact) mass is 229 g/mol. The lowest BCUT2D eigenvalue weighted by Crippen LogP contribution is -2.43. The summed E-state index contributed by atoms with van der Waals surface area (Å²) >= 11 is 0. The van der Waals surface area contributed by atoms with Gasteiger partial charge in [-0.25, -0.2) is 0 Å². The van der Waals surface area contributed by atoms with Crippen molar-refractivity contribution in [1.82, 2.24) is 5.32 Å². The molecule has 0 saturated heterocycles. The molecule has 0 heterocycles. The molecule has 0 aromatic carbocycles. The van der Waals surface area contributed by atoms with Gasteiger partial charge in [0.15, 0.2) is 5.78 Å². The van der Waals surface area contributed by atoms with Gasteiger partial charge in [0.2, 0.25) is 5.91 Å². The van der Waals surface area contributed by atoms with E-state index >= 15 is 0 Å². The molecule has 0 radical (unpaired) electrons. The Morgan fingerprint density at radius 1 is 1.25 bits per heavy atom. The summed E-state index contributed by atoms with van der Waals surface area (Å²) in [5.41, 5.74) is 0. The summed E-state index contributed by atoms with van der Waals surface area (Å²) in [7, 11) is 0. The van der Waals surface area contributed by atoms with Crippen LogP contribution in [0, 0.1) is 5.92 Å². The molecule has 0 unspecified atom stereocenters. The third kappa shape index (κ3) is 5.60. The van der Waals surface area contributed by atoms with Gasteiger partial charge >= 0.3 is 0 Å². The third-order valence-corrected chi connectivity index (χ3v) is 2.31. The van der Waals surface area contributed by atoms with Crippen LogP contribution in [0.5, 0.6) is 0 Å². The van der Waals surface area contributed by atoms with E-state index < -0.39 is 12.0 Å². The van der Waals surface area contributed by atoms with Crippen LogP contribution in [0.1, 0.15) is 33.6 Å².